The van der Waals surface area contributed by atoms with E-state index in [0.717, 1.165) is 5.69 Å². The van der Waals surface area contributed by atoms with E-state index in [-0.39, 0.29) is 18.3 Å². The van der Waals surface area contributed by atoms with E-state index in [0.29, 0.717) is 5.56 Å². The Bertz CT molecular complexity index is 773. The Morgan fingerprint density at radius 3 is 2.54 bits per heavy atom. The molecule has 5 nitrogen and oxygen atoms in total. The molecule has 6 heteroatoms. The highest BCUT2D eigenvalue weighted by molar-refractivity contribution is 6.03. The number of esters is 1. The molecule has 2 aromatic rings. The van der Waals surface area contributed by atoms with Gasteiger partial charge in [0.1, 0.15) is 24.2 Å². The quantitative estimate of drug-likeness (QED) is 0.878. The molecule has 1 heterocycles. The predicted octanol–water partition coefficient (Wildman–Crippen LogP) is 2.79. The number of halogens is 1. The minimum atomic E-state index is -0.731. The van der Waals surface area contributed by atoms with Crippen LogP contribution in [0.15, 0.2) is 72.0 Å². The van der Waals surface area contributed by atoms with Crippen LogP contribution < -0.4 is 10.7 Å². The molecule has 3 rings (SSSR count). The Labute approximate surface area is 138 Å². The lowest BCUT2D eigenvalue weighted by molar-refractivity contribution is -0.146. The number of benzene rings is 2. The zero-order valence-electron chi connectivity index (χ0n) is 12.8. The third-order valence-corrected chi connectivity index (χ3v) is 3.53. The van der Waals surface area contributed by atoms with Crippen LogP contribution in [0.4, 0.5) is 10.1 Å². The van der Waals surface area contributed by atoms with Gasteiger partial charge in [0.05, 0.1) is 5.69 Å². The number of rotatable bonds is 4. The molecule has 1 aliphatic rings. The third kappa shape index (κ3) is 3.60. The third-order valence-electron chi connectivity index (χ3n) is 3.53. The van der Waals surface area contributed by atoms with Gasteiger partial charge in [0.2, 0.25) is 0 Å². The lowest BCUT2D eigenvalue weighted by Gasteiger charge is -2.22. The molecule has 24 heavy (non-hydrogen) atoms. The maximum absolute atomic E-state index is 12.9. The van der Waals surface area contributed by atoms with Crippen LogP contribution in [-0.4, -0.2) is 11.8 Å². The molecule has 0 fully saturated rings. The monoisotopic (exact) mass is 325 g/mol. The van der Waals surface area contributed by atoms with Gasteiger partial charge in [-0.1, -0.05) is 30.3 Å². The number of hydrazone groups is 1. The normalized spacial score (nSPS) is 16.6. The van der Waals surface area contributed by atoms with E-state index in [1.165, 1.54) is 12.1 Å². The fraction of sp³-hybridized carbons (Fsp3) is 0.111. The zero-order valence-corrected chi connectivity index (χ0v) is 12.8. The van der Waals surface area contributed by atoms with Crippen LogP contribution in [0.3, 0.4) is 0 Å². The van der Waals surface area contributed by atoms with E-state index in [1.807, 2.05) is 30.3 Å². The van der Waals surface area contributed by atoms with Gasteiger partial charge < -0.3 is 10.5 Å². The van der Waals surface area contributed by atoms with Gasteiger partial charge in [-0.05, 0) is 35.9 Å². The molecule has 122 valence electrons. The molecule has 0 aliphatic carbocycles. The van der Waals surface area contributed by atoms with E-state index in [9.17, 15) is 9.18 Å². The largest absolute Gasteiger partial charge is 0.460 e. The number of hydrogen-bond donors (Lipinski definition) is 1. The standard InChI is InChI=1S/C18H16FN3O2/c19-14-8-6-13(7-9-14)12-24-18(23)16-10-11-22(21-17(16)20)15-4-2-1-3-5-15/h1-11,16H,12H2,(H2,20,21). The summed E-state index contributed by atoms with van der Waals surface area (Å²) in [5.74, 6) is -1.40. The molecule has 2 aromatic carbocycles. The first-order valence-corrected chi connectivity index (χ1v) is 7.41. The summed E-state index contributed by atoms with van der Waals surface area (Å²) in [6, 6.07) is 15.2. The molecule has 0 saturated heterocycles. The fourth-order valence-electron chi connectivity index (χ4n) is 2.23. The van der Waals surface area contributed by atoms with Crippen molar-refractivity contribution in [3.8, 4) is 0 Å². The van der Waals surface area contributed by atoms with Gasteiger partial charge >= 0.3 is 5.97 Å². The van der Waals surface area contributed by atoms with Crippen molar-refractivity contribution in [3.63, 3.8) is 0 Å². The summed E-state index contributed by atoms with van der Waals surface area (Å²) in [5, 5.41) is 5.81. The summed E-state index contributed by atoms with van der Waals surface area (Å²) < 4.78 is 18.1. The van der Waals surface area contributed by atoms with Gasteiger partial charge in [0.15, 0.2) is 0 Å². The first-order valence-electron chi connectivity index (χ1n) is 7.41. The van der Waals surface area contributed by atoms with Crippen LogP contribution in [0.1, 0.15) is 5.56 Å². The average molecular weight is 325 g/mol. The van der Waals surface area contributed by atoms with Crippen molar-refractivity contribution in [2.75, 3.05) is 5.01 Å². The maximum atomic E-state index is 12.9. The van der Waals surface area contributed by atoms with E-state index in [1.54, 1.807) is 29.4 Å². The number of anilines is 1. The lowest BCUT2D eigenvalue weighted by Crippen LogP contribution is -2.35. The van der Waals surface area contributed by atoms with Gasteiger partial charge in [-0.15, -0.1) is 0 Å². The smallest absolute Gasteiger partial charge is 0.320 e. The van der Waals surface area contributed by atoms with Crippen LogP contribution in [0.5, 0.6) is 0 Å². The summed E-state index contributed by atoms with van der Waals surface area (Å²) in [4.78, 5) is 12.2. The van der Waals surface area contributed by atoms with Crippen molar-refractivity contribution in [2.24, 2.45) is 16.8 Å². The summed E-state index contributed by atoms with van der Waals surface area (Å²) in [6.45, 7) is 0.0547. The van der Waals surface area contributed by atoms with Gasteiger partial charge in [-0.25, -0.2) is 9.40 Å². The Morgan fingerprint density at radius 1 is 1.17 bits per heavy atom. The number of hydrogen-bond acceptors (Lipinski definition) is 5. The predicted molar refractivity (Wildman–Crippen MR) is 89.4 cm³/mol. The summed E-state index contributed by atoms with van der Waals surface area (Å²) >= 11 is 0. The first-order chi connectivity index (χ1) is 11.6. The second-order valence-electron chi connectivity index (χ2n) is 5.26. The highest BCUT2D eigenvalue weighted by Gasteiger charge is 2.25. The molecule has 0 spiro atoms. The molecule has 0 radical (unpaired) electrons. The number of carbonyl (C=O) groups excluding carboxylic acids is 1. The Hall–Kier alpha value is -3.15. The molecule has 2 N–H and O–H groups in total. The first kappa shape index (κ1) is 15.7. The van der Waals surface area contributed by atoms with Gasteiger partial charge in [0, 0.05) is 6.20 Å². The number of nitrogens with two attached hydrogens (primary N) is 1. The van der Waals surface area contributed by atoms with Crippen molar-refractivity contribution < 1.29 is 13.9 Å². The molecule has 0 amide bonds. The van der Waals surface area contributed by atoms with E-state index in [2.05, 4.69) is 5.10 Å². The lowest BCUT2D eigenvalue weighted by atomic mass is 10.1. The minimum Gasteiger partial charge on any atom is -0.460 e. The van der Waals surface area contributed by atoms with Gasteiger partial charge in [-0.3, -0.25) is 4.79 Å². The SMILES string of the molecule is NC1=NN(c2ccccc2)C=CC1C(=O)OCc1ccc(F)cc1. The Kier molecular flexibility index (Phi) is 4.56. The minimum absolute atomic E-state index is 0.0547. The van der Waals surface area contributed by atoms with Crippen LogP contribution in [0, 0.1) is 11.7 Å². The number of carbonyl (C=O) groups is 1. The second-order valence-corrected chi connectivity index (χ2v) is 5.26. The summed E-state index contributed by atoms with van der Waals surface area (Å²) in [6.07, 6.45) is 3.32. The van der Waals surface area contributed by atoms with Crippen molar-refractivity contribution in [1.29, 1.82) is 0 Å². The van der Waals surface area contributed by atoms with Crippen LogP contribution in [0.2, 0.25) is 0 Å². The molecular weight excluding hydrogens is 309 g/mol. The highest BCUT2D eigenvalue weighted by Crippen LogP contribution is 2.19. The molecule has 0 saturated carbocycles. The Balaban J connectivity index is 1.62. The van der Waals surface area contributed by atoms with Gasteiger partial charge in [0.25, 0.3) is 0 Å². The highest BCUT2D eigenvalue weighted by atomic mass is 19.1. The molecule has 1 unspecified atom stereocenters. The van der Waals surface area contributed by atoms with Crippen molar-refractivity contribution in [1.82, 2.24) is 0 Å². The Morgan fingerprint density at radius 2 is 1.88 bits per heavy atom. The summed E-state index contributed by atoms with van der Waals surface area (Å²) in [5.41, 5.74) is 7.45. The number of para-hydroxylation sites is 1. The van der Waals surface area contributed by atoms with E-state index >= 15 is 0 Å². The van der Waals surface area contributed by atoms with Crippen molar-refractivity contribution in [3.05, 3.63) is 78.3 Å². The van der Waals surface area contributed by atoms with Crippen molar-refractivity contribution in [2.45, 2.75) is 6.61 Å². The number of nitrogens with zero attached hydrogens (tertiary/aromatic N) is 2. The van der Waals surface area contributed by atoms with Crippen LogP contribution in [-0.2, 0) is 16.1 Å². The van der Waals surface area contributed by atoms with E-state index in [4.69, 9.17) is 10.5 Å². The fourth-order valence-corrected chi connectivity index (χ4v) is 2.23. The van der Waals surface area contributed by atoms with Crippen molar-refractivity contribution >= 4 is 17.5 Å². The molecule has 0 bridgehead atoms. The number of amidine groups is 1. The van der Waals surface area contributed by atoms with Crippen LogP contribution >= 0.6 is 0 Å². The average Bonchev–Trinajstić information content (AvgIpc) is 2.61. The van der Waals surface area contributed by atoms with Crippen LogP contribution in [0.25, 0.3) is 0 Å². The number of ether oxygens (including phenoxy) is 1. The summed E-state index contributed by atoms with van der Waals surface area (Å²) in [7, 11) is 0. The second kappa shape index (κ2) is 6.95. The molecule has 1 aliphatic heterocycles. The molecule has 0 aromatic heterocycles. The molecular formula is C18H16FN3O2. The topological polar surface area (TPSA) is 67.9 Å². The maximum Gasteiger partial charge on any atom is 0.320 e. The zero-order chi connectivity index (χ0) is 16.9. The van der Waals surface area contributed by atoms with Gasteiger partial charge in [-0.2, -0.15) is 5.10 Å². The van der Waals surface area contributed by atoms with E-state index < -0.39 is 11.9 Å². The molecule has 1 atom stereocenters.